The number of hydrogen-bond donors (Lipinski definition) is 2. The second-order valence-corrected chi connectivity index (χ2v) is 7.28. The fourth-order valence-electron chi connectivity index (χ4n) is 4.09. The quantitative estimate of drug-likeness (QED) is 0.670. The molecule has 0 fully saturated rings. The van der Waals surface area contributed by atoms with Gasteiger partial charge in [0.2, 0.25) is 0 Å². The number of nitrogens with one attached hydrogen (secondary N) is 2. The molecule has 0 saturated carbocycles. The fraction of sp³-hybridized carbons (Fsp3) is 0.304. The van der Waals surface area contributed by atoms with Crippen molar-refractivity contribution in [2.75, 3.05) is 6.54 Å². The summed E-state index contributed by atoms with van der Waals surface area (Å²) in [7, 11) is 0. The summed E-state index contributed by atoms with van der Waals surface area (Å²) in [5.41, 5.74) is 3.91. The number of H-pyrrole nitrogens is 1. The van der Waals surface area contributed by atoms with Gasteiger partial charge in [0.05, 0.1) is 17.4 Å². The molecule has 0 radical (unpaired) electrons. The van der Waals surface area contributed by atoms with Crippen molar-refractivity contribution in [3.63, 3.8) is 0 Å². The molecule has 1 aromatic carbocycles. The average Bonchev–Trinajstić information content (AvgIpc) is 3.34. The second-order valence-electron chi connectivity index (χ2n) is 7.28. The molecule has 2 heterocycles. The molecule has 1 atom stereocenters. The molecular weight excluding hydrogens is 352 g/mol. The molecule has 0 aliphatic heterocycles. The summed E-state index contributed by atoms with van der Waals surface area (Å²) >= 11 is 0. The summed E-state index contributed by atoms with van der Waals surface area (Å²) in [6.45, 7) is 2.35. The molecule has 4 rings (SSSR count). The van der Waals surface area contributed by atoms with Gasteiger partial charge in [0.15, 0.2) is 5.78 Å². The number of benzene rings is 1. The molecule has 5 heteroatoms. The number of carbonyl (C=O) groups excluding carboxylic acids is 2. The Balaban J connectivity index is 1.48. The third kappa shape index (κ3) is 3.52. The van der Waals surface area contributed by atoms with E-state index in [2.05, 4.69) is 22.4 Å². The van der Waals surface area contributed by atoms with Crippen LogP contribution in [-0.2, 0) is 6.42 Å². The summed E-state index contributed by atoms with van der Waals surface area (Å²) in [6, 6.07) is 14.0. The number of aromatic amines is 1. The maximum atomic E-state index is 12.8. The number of ketones is 1. The van der Waals surface area contributed by atoms with E-state index in [1.165, 1.54) is 0 Å². The topological polar surface area (TPSA) is 75.1 Å². The van der Waals surface area contributed by atoms with Gasteiger partial charge >= 0.3 is 0 Å². The number of Topliss-reactive ketones (excluding diaryl/α,β-unsaturated/α-hetero) is 1. The Hall–Kier alpha value is -3.08. The predicted octanol–water partition coefficient (Wildman–Crippen LogP) is 4.39. The molecule has 2 N–H and O–H groups in total. The van der Waals surface area contributed by atoms with Crippen LogP contribution < -0.4 is 5.32 Å². The maximum Gasteiger partial charge on any atom is 0.253 e. The van der Waals surface area contributed by atoms with Gasteiger partial charge in [-0.1, -0.05) is 30.3 Å². The number of rotatable bonds is 6. The van der Waals surface area contributed by atoms with E-state index in [-0.39, 0.29) is 17.6 Å². The highest BCUT2D eigenvalue weighted by Gasteiger charge is 2.28. The number of furan rings is 1. The predicted molar refractivity (Wildman–Crippen MR) is 107 cm³/mol. The standard InChI is InChI=1S/C23H24N2O3/c1-15-21(22-18(25-15)9-5-10-19(22)26)23(27)24-13-12-17(20-11-6-14-28-20)16-7-3-2-4-8-16/h2-4,6-8,11,14,17,25H,5,9-10,12-13H2,1H3,(H,24,27). The van der Waals surface area contributed by atoms with Gasteiger partial charge in [0.1, 0.15) is 5.76 Å². The van der Waals surface area contributed by atoms with E-state index < -0.39 is 0 Å². The molecule has 28 heavy (non-hydrogen) atoms. The summed E-state index contributed by atoms with van der Waals surface area (Å²) in [5.74, 6) is 0.829. The zero-order valence-electron chi connectivity index (χ0n) is 16.0. The van der Waals surface area contributed by atoms with Crippen LogP contribution in [-0.4, -0.2) is 23.2 Å². The summed E-state index contributed by atoms with van der Waals surface area (Å²) in [6.07, 6.45) is 4.56. The molecule has 0 saturated heterocycles. The minimum Gasteiger partial charge on any atom is -0.469 e. The number of fused-ring (bicyclic) bond motifs is 1. The monoisotopic (exact) mass is 376 g/mol. The van der Waals surface area contributed by atoms with Crippen molar-refractivity contribution in [2.24, 2.45) is 0 Å². The van der Waals surface area contributed by atoms with Crippen molar-refractivity contribution in [3.05, 3.63) is 82.6 Å². The van der Waals surface area contributed by atoms with Crippen LogP contribution in [0.1, 0.15) is 68.6 Å². The first-order valence-corrected chi connectivity index (χ1v) is 9.76. The zero-order chi connectivity index (χ0) is 19.5. The lowest BCUT2D eigenvalue weighted by Crippen LogP contribution is -2.28. The molecule has 3 aromatic rings. The molecule has 1 unspecified atom stereocenters. The summed E-state index contributed by atoms with van der Waals surface area (Å²) in [4.78, 5) is 28.4. The normalized spacial score (nSPS) is 14.5. The van der Waals surface area contributed by atoms with Crippen LogP contribution in [0.3, 0.4) is 0 Å². The number of amides is 1. The van der Waals surface area contributed by atoms with Crippen LogP contribution in [0.25, 0.3) is 0 Å². The maximum absolute atomic E-state index is 12.8. The minimum absolute atomic E-state index is 0.0634. The molecule has 5 nitrogen and oxygen atoms in total. The van der Waals surface area contributed by atoms with Gasteiger partial charge in [-0.25, -0.2) is 0 Å². The van der Waals surface area contributed by atoms with Crippen molar-refractivity contribution in [1.82, 2.24) is 10.3 Å². The van der Waals surface area contributed by atoms with E-state index in [0.717, 1.165) is 35.6 Å². The Labute approximate surface area is 164 Å². The van der Waals surface area contributed by atoms with E-state index in [0.29, 0.717) is 30.5 Å². The van der Waals surface area contributed by atoms with Crippen molar-refractivity contribution in [3.8, 4) is 0 Å². The van der Waals surface area contributed by atoms with Crippen molar-refractivity contribution in [2.45, 2.75) is 38.5 Å². The Kier molecular flexibility index (Phi) is 5.15. The Morgan fingerprint density at radius 1 is 1.18 bits per heavy atom. The van der Waals surface area contributed by atoms with Gasteiger partial charge in [-0.2, -0.15) is 0 Å². The molecule has 1 aliphatic rings. The Bertz CT molecular complexity index is 971. The summed E-state index contributed by atoms with van der Waals surface area (Å²) in [5, 5.41) is 3.01. The van der Waals surface area contributed by atoms with Crippen molar-refractivity contribution >= 4 is 11.7 Å². The van der Waals surface area contributed by atoms with Gasteiger partial charge < -0.3 is 14.7 Å². The third-order valence-electron chi connectivity index (χ3n) is 5.41. The molecule has 2 aromatic heterocycles. The van der Waals surface area contributed by atoms with Crippen molar-refractivity contribution in [1.29, 1.82) is 0 Å². The lowest BCUT2D eigenvalue weighted by molar-refractivity contribution is 0.0927. The Morgan fingerprint density at radius 2 is 2.00 bits per heavy atom. The molecule has 0 bridgehead atoms. The van der Waals surface area contributed by atoms with E-state index in [1.54, 1.807) is 6.26 Å². The van der Waals surface area contributed by atoms with Crippen LogP contribution in [0.5, 0.6) is 0 Å². The van der Waals surface area contributed by atoms with E-state index in [1.807, 2.05) is 37.3 Å². The second kappa shape index (κ2) is 7.89. The first-order valence-electron chi connectivity index (χ1n) is 9.76. The van der Waals surface area contributed by atoms with Gasteiger partial charge in [0.25, 0.3) is 5.91 Å². The highest BCUT2D eigenvalue weighted by Crippen LogP contribution is 2.29. The molecular formula is C23H24N2O3. The van der Waals surface area contributed by atoms with Crippen LogP contribution in [0.4, 0.5) is 0 Å². The first-order chi connectivity index (χ1) is 13.6. The van der Waals surface area contributed by atoms with Gasteiger partial charge in [-0.3, -0.25) is 9.59 Å². The molecule has 1 amide bonds. The summed E-state index contributed by atoms with van der Waals surface area (Å²) < 4.78 is 5.63. The van der Waals surface area contributed by atoms with E-state index >= 15 is 0 Å². The minimum atomic E-state index is -0.184. The van der Waals surface area contributed by atoms with Gasteiger partial charge in [0, 0.05) is 30.3 Å². The van der Waals surface area contributed by atoms with Gasteiger partial charge in [-0.05, 0) is 43.9 Å². The third-order valence-corrected chi connectivity index (χ3v) is 5.41. The number of aromatic nitrogens is 1. The number of carbonyl (C=O) groups is 2. The highest BCUT2D eigenvalue weighted by molar-refractivity contribution is 6.10. The number of aryl methyl sites for hydroxylation is 2. The fourth-order valence-corrected chi connectivity index (χ4v) is 4.09. The molecule has 1 aliphatic carbocycles. The zero-order valence-corrected chi connectivity index (χ0v) is 16.0. The molecule has 144 valence electrons. The number of hydrogen-bond acceptors (Lipinski definition) is 3. The first kappa shape index (κ1) is 18.3. The van der Waals surface area contributed by atoms with Crippen LogP contribution >= 0.6 is 0 Å². The van der Waals surface area contributed by atoms with Crippen LogP contribution in [0, 0.1) is 6.92 Å². The molecule has 0 spiro atoms. The average molecular weight is 376 g/mol. The lowest BCUT2D eigenvalue weighted by Gasteiger charge is -2.16. The van der Waals surface area contributed by atoms with E-state index in [9.17, 15) is 9.59 Å². The van der Waals surface area contributed by atoms with Crippen molar-refractivity contribution < 1.29 is 14.0 Å². The lowest BCUT2D eigenvalue weighted by atomic mass is 9.92. The van der Waals surface area contributed by atoms with E-state index in [4.69, 9.17) is 4.42 Å². The SMILES string of the molecule is Cc1[nH]c2c(c1C(=O)NCCC(c1ccccc1)c1ccco1)C(=O)CCC2. The largest absolute Gasteiger partial charge is 0.469 e. The highest BCUT2D eigenvalue weighted by atomic mass is 16.3. The van der Waals surface area contributed by atoms with Crippen LogP contribution in [0.15, 0.2) is 53.1 Å². The van der Waals surface area contributed by atoms with Gasteiger partial charge in [-0.15, -0.1) is 0 Å². The van der Waals surface area contributed by atoms with Crippen LogP contribution in [0.2, 0.25) is 0 Å². The Morgan fingerprint density at radius 3 is 2.75 bits per heavy atom. The smallest absolute Gasteiger partial charge is 0.253 e.